The van der Waals surface area contributed by atoms with Crippen molar-refractivity contribution in [2.75, 3.05) is 51.2 Å². The van der Waals surface area contributed by atoms with E-state index in [1.165, 1.54) is 6.54 Å². The molecule has 6 nitrogen and oxygen atoms in total. The Kier molecular flexibility index (Phi) is 4.65. The lowest BCUT2D eigenvalue weighted by Gasteiger charge is -2.16. The van der Waals surface area contributed by atoms with Crippen LogP contribution >= 0.6 is 0 Å². The molecular weight excluding hydrogens is 300 g/mol. The standard InChI is InChI=1S/C15H24N4O2S/c1-17-7-4-8-18(12-11-17)15-6-5-14(13-16-15)22(20,21)19-9-2-3-10-19/h5-6,13H,2-4,7-12H2,1H3/p+2. The normalized spacial score (nSPS) is 24.4. The maximum absolute atomic E-state index is 12.5. The van der Waals surface area contributed by atoms with E-state index in [9.17, 15) is 8.42 Å². The summed E-state index contributed by atoms with van der Waals surface area (Å²) >= 11 is 0. The Morgan fingerprint density at radius 2 is 1.82 bits per heavy atom. The van der Waals surface area contributed by atoms with E-state index in [0.29, 0.717) is 18.0 Å². The highest BCUT2D eigenvalue weighted by Crippen LogP contribution is 2.20. The molecule has 2 aliphatic rings. The van der Waals surface area contributed by atoms with Gasteiger partial charge < -0.3 is 4.90 Å². The summed E-state index contributed by atoms with van der Waals surface area (Å²) in [5.41, 5.74) is 0. The number of sulfonamides is 1. The van der Waals surface area contributed by atoms with E-state index in [2.05, 4.69) is 16.9 Å². The van der Waals surface area contributed by atoms with Gasteiger partial charge in [-0.1, -0.05) is 0 Å². The van der Waals surface area contributed by atoms with Crippen LogP contribution in [0.5, 0.6) is 0 Å². The van der Waals surface area contributed by atoms with Gasteiger partial charge in [0.2, 0.25) is 10.0 Å². The monoisotopic (exact) mass is 326 g/mol. The van der Waals surface area contributed by atoms with Gasteiger partial charge in [0, 0.05) is 25.6 Å². The number of anilines is 1. The summed E-state index contributed by atoms with van der Waals surface area (Å²) in [4.78, 5) is 7.42. The van der Waals surface area contributed by atoms with Gasteiger partial charge in [-0.15, -0.1) is 0 Å². The number of hydrogen-bond donors (Lipinski definition) is 1. The average Bonchev–Trinajstić information content (AvgIpc) is 2.98. The smallest absolute Gasteiger partial charge is 0.274 e. The van der Waals surface area contributed by atoms with Gasteiger partial charge in [0.05, 0.1) is 20.1 Å². The van der Waals surface area contributed by atoms with E-state index < -0.39 is 10.0 Å². The predicted molar refractivity (Wildman–Crippen MR) is 84.4 cm³/mol. The Hall–Kier alpha value is -1.18. The summed E-state index contributed by atoms with van der Waals surface area (Å²) in [5.74, 6) is 1.01. The minimum atomic E-state index is -3.32. The average molecular weight is 326 g/mol. The molecule has 3 heterocycles. The van der Waals surface area contributed by atoms with Crippen molar-refractivity contribution in [3.8, 4) is 0 Å². The third-order valence-corrected chi connectivity index (χ3v) is 6.55. The van der Waals surface area contributed by atoms with Crippen molar-refractivity contribution in [3.63, 3.8) is 0 Å². The highest BCUT2D eigenvalue weighted by Gasteiger charge is 2.29. The van der Waals surface area contributed by atoms with Crippen LogP contribution in [0.15, 0.2) is 23.2 Å². The number of nitrogens with one attached hydrogen (secondary N) is 2. The van der Waals surface area contributed by atoms with Gasteiger partial charge in [-0.25, -0.2) is 13.4 Å². The van der Waals surface area contributed by atoms with Crippen LogP contribution in [0.3, 0.4) is 0 Å². The number of quaternary nitrogens is 1. The summed E-state index contributed by atoms with van der Waals surface area (Å²) in [7, 11) is -1.10. The Balaban J connectivity index is 1.75. The second-order valence-electron chi connectivity index (χ2n) is 6.32. The minimum Gasteiger partial charge on any atom is -0.334 e. The fraction of sp³-hybridized carbons (Fsp3) is 0.667. The first-order valence-electron chi connectivity index (χ1n) is 8.15. The molecule has 0 aliphatic carbocycles. The predicted octanol–water partition coefficient (Wildman–Crippen LogP) is -0.990. The van der Waals surface area contributed by atoms with Crippen LogP contribution in [0.2, 0.25) is 0 Å². The van der Waals surface area contributed by atoms with Gasteiger partial charge in [0.25, 0.3) is 5.82 Å². The Labute approximate surface area is 132 Å². The van der Waals surface area contributed by atoms with Crippen molar-refractivity contribution >= 4 is 15.8 Å². The van der Waals surface area contributed by atoms with Crippen LogP contribution in [0, 0.1) is 0 Å². The van der Waals surface area contributed by atoms with Crippen LogP contribution < -0.4 is 14.8 Å². The Morgan fingerprint density at radius 3 is 2.50 bits per heavy atom. The van der Waals surface area contributed by atoms with Gasteiger partial charge >= 0.3 is 0 Å². The highest BCUT2D eigenvalue weighted by molar-refractivity contribution is 7.89. The van der Waals surface area contributed by atoms with Gasteiger partial charge in [0.15, 0.2) is 0 Å². The molecule has 0 spiro atoms. The number of rotatable bonds is 3. The first-order chi connectivity index (χ1) is 10.6. The van der Waals surface area contributed by atoms with Gasteiger partial charge in [-0.2, -0.15) is 4.31 Å². The van der Waals surface area contributed by atoms with E-state index in [-0.39, 0.29) is 0 Å². The summed E-state index contributed by atoms with van der Waals surface area (Å²) < 4.78 is 26.6. The van der Waals surface area contributed by atoms with Gasteiger partial charge in [-0.05, 0) is 18.9 Å². The van der Waals surface area contributed by atoms with Crippen molar-refractivity contribution in [1.29, 1.82) is 0 Å². The topological polar surface area (TPSA) is 59.2 Å². The van der Waals surface area contributed by atoms with Crippen molar-refractivity contribution in [1.82, 2.24) is 4.31 Å². The van der Waals surface area contributed by atoms with Gasteiger partial charge in [0.1, 0.15) is 24.2 Å². The molecule has 2 aliphatic heterocycles. The molecule has 1 atom stereocenters. The Morgan fingerprint density at radius 1 is 1.05 bits per heavy atom. The third kappa shape index (κ3) is 3.26. The number of hydrogen-bond acceptors (Lipinski definition) is 3. The molecule has 1 unspecified atom stereocenters. The molecule has 0 saturated carbocycles. The largest absolute Gasteiger partial charge is 0.334 e. The molecule has 0 amide bonds. The van der Waals surface area contributed by atoms with Crippen LogP contribution in [0.4, 0.5) is 5.82 Å². The van der Waals surface area contributed by atoms with Crippen LogP contribution in [0.1, 0.15) is 19.3 Å². The van der Waals surface area contributed by atoms with Crippen molar-refractivity contribution < 1.29 is 18.3 Å². The summed E-state index contributed by atoms with van der Waals surface area (Å²) in [6.07, 6.45) is 4.73. The van der Waals surface area contributed by atoms with Crippen molar-refractivity contribution in [2.45, 2.75) is 24.2 Å². The molecule has 1 aromatic rings. The lowest BCUT2D eigenvalue weighted by Crippen LogP contribution is -3.09. The van der Waals surface area contributed by atoms with Crippen LogP contribution in [0.25, 0.3) is 0 Å². The van der Waals surface area contributed by atoms with E-state index >= 15 is 0 Å². The zero-order valence-corrected chi connectivity index (χ0v) is 14.0. The summed E-state index contributed by atoms with van der Waals surface area (Å²) in [5, 5.41) is 0. The minimum absolute atomic E-state index is 0.371. The van der Waals surface area contributed by atoms with Crippen LogP contribution in [-0.2, 0) is 10.0 Å². The number of pyridine rings is 1. The quantitative estimate of drug-likeness (QED) is 0.776. The van der Waals surface area contributed by atoms with E-state index in [4.69, 9.17) is 0 Å². The molecule has 2 N–H and O–H groups in total. The molecule has 2 fully saturated rings. The number of aromatic nitrogens is 1. The number of aromatic amines is 1. The lowest BCUT2D eigenvalue weighted by molar-refractivity contribution is -0.876. The molecule has 122 valence electrons. The van der Waals surface area contributed by atoms with Crippen molar-refractivity contribution in [3.05, 3.63) is 18.3 Å². The summed E-state index contributed by atoms with van der Waals surface area (Å²) in [6, 6.07) is 3.64. The van der Waals surface area contributed by atoms with Crippen LogP contribution in [-0.4, -0.2) is 59.0 Å². The van der Waals surface area contributed by atoms with E-state index in [1.54, 1.807) is 21.5 Å². The lowest BCUT2D eigenvalue weighted by atomic mass is 10.3. The zero-order valence-electron chi connectivity index (χ0n) is 13.2. The number of likely N-dealkylation sites (N-methyl/N-ethyl adjacent to an activating group) is 1. The molecule has 3 rings (SSSR count). The first-order valence-corrected chi connectivity index (χ1v) is 9.59. The first kappa shape index (κ1) is 15.7. The van der Waals surface area contributed by atoms with Gasteiger partial charge in [-0.3, -0.25) is 4.90 Å². The molecule has 1 aromatic heterocycles. The second-order valence-corrected chi connectivity index (χ2v) is 8.26. The van der Waals surface area contributed by atoms with E-state index in [0.717, 1.165) is 44.7 Å². The summed E-state index contributed by atoms with van der Waals surface area (Å²) in [6.45, 7) is 5.61. The maximum Gasteiger partial charge on any atom is 0.274 e. The second kappa shape index (κ2) is 6.52. The maximum atomic E-state index is 12.5. The molecular formula is C15H26N4O2S+2. The SMILES string of the molecule is C[NH+]1CCCN(c2ccc(S(=O)(=O)N3CCCC3)c[nH+]2)CC1. The Bertz CT molecular complexity index is 596. The number of nitrogens with zero attached hydrogens (tertiary/aromatic N) is 2. The number of H-pyrrole nitrogens is 1. The van der Waals surface area contributed by atoms with E-state index in [1.807, 2.05) is 6.07 Å². The van der Waals surface area contributed by atoms with Crippen molar-refractivity contribution in [2.24, 2.45) is 0 Å². The molecule has 7 heteroatoms. The third-order valence-electron chi connectivity index (χ3n) is 4.65. The highest BCUT2D eigenvalue weighted by atomic mass is 32.2. The fourth-order valence-corrected chi connectivity index (χ4v) is 4.70. The molecule has 2 saturated heterocycles. The fourth-order valence-electron chi connectivity index (χ4n) is 3.21. The molecule has 0 aromatic carbocycles. The molecule has 22 heavy (non-hydrogen) atoms. The zero-order chi connectivity index (χ0) is 15.6. The molecule has 0 radical (unpaired) electrons. The molecule has 0 bridgehead atoms.